The molecular weight excluding hydrogens is 444 g/mol. The molecule has 0 atom stereocenters. The van der Waals surface area contributed by atoms with Crippen LogP contribution in [0, 0.1) is 6.92 Å². The van der Waals surface area contributed by atoms with Gasteiger partial charge in [-0.2, -0.15) is 5.10 Å². The van der Waals surface area contributed by atoms with Crippen LogP contribution in [-0.4, -0.2) is 43.1 Å². The highest BCUT2D eigenvalue weighted by Gasteiger charge is 2.18. The predicted molar refractivity (Wildman–Crippen MR) is 146 cm³/mol. The van der Waals surface area contributed by atoms with Gasteiger partial charge in [-0.1, -0.05) is 37.0 Å². The van der Waals surface area contributed by atoms with Gasteiger partial charge in [-0.3, -0.25) is 15.0 Å². The fraction of sp³-hybridized carbons (Fsp3) is 0.233. The number of hydrogen-bond acceptors (Lipinski definition) is 4. The van der Waals surface area contributed by atoms with E-state index >= 15 is 0 Å². The van der Waals surface area contributed by atoms with Crippen LogP contribution >= 0.6 is 0 Å². The number of nitrogens with one attached hydrogen (secondary N) is 2. The Hall–Kier alpha value is -4.03. The van der Waals surface area contributed by atoms with Gasteiger partial charge in [-0.05, 0) is 80.3 Å². The molecule has 6 nitrogen and oxygen atoms in total. The number of pyridine rings is 2. The average molecular weight is 475 g/mol. The molecule has 1 fully saturated rings. The number of fused-ring (bicyclic) bond motifs is 1. The molecule has 0 saturated carbocycles. The van der Waals surface area contributed by atoms with Crippen molar-refractivity contribution in [2.75, 3.05) is 13.1 Å². The van der Waals surface area contributed by atoms with E-state index in [2.05, 4.69) is 81.1 Å². The van der Waals surface area contributed by atoms with E-state index in [-0.39, 0.29) is 0 Å². The molecule has 5 heterocycles. The summed E-state index contributed by atoms with van der Waals surface area (Å²) in [6, 6.07) is 8.47. The van der Waals surface area contributed by atoms with Gasteiger partial charge in [0.2, 0.25) is 0 Å². The lowest BCUT2D eigenvalue weighted by Crippen LogP contribution is -2.18. The maximum absolute atomic E-state index is 5.03. The molecule has 1 aliphatic carbocycles. The third kappa shape index (κ3) is 4.25. The number of H-pyrrole nitrogens is 2. The molecule has 6 heteroatoms. The summed E-state index contributed by atoms with van der Waals surface area (Å²) in [5, 5.41) is 7.79. The second kappa shape index (κ2) is 9.55. The lowest BCUT2D eigenvalue weighted by Gasteiger charge is -2.14. The van der Waals surface area contributed by atoms with E-state index in [0.29, 0.717) is 0 Å². The van der Waals surface area contributed by atoms with Gasteiger partial charge < -0.3 is 4.98 Å². The van der Waals surface area contributed by atoms with Gasteiger partial charge in [-0.15, -0.1) is 0 Å². The maximum atomic E-state index is 5.03. The zero-order chi connectivity index (χ0) is 24.5. The number of likely N-dealkylation sites (tertiary alicyclic amines) is 1. The number of aromatic nitrogens is 5. The van der Waals surface area contributed by atoms with E-state index in [4.69, 9.17) is 4.98 Å². The third-order valence-corrected chi connectivity index (χ3v) is 7.03. The number of hydrogen-bond donors (Lipinski definition) is 2. The fourth-order valence-electron chi connectivity index (χ4n) is 5.24. The Labute approximate surface area is 211 Å². The van der Waals surface area contributed by atoms with E-state index in [1.165, 1.54) is 37.1 Å². The molecule has 6 rings (SSSR count). The molecular formula is C30H30N6. The van der Waals surface area contributed by atoms with Gasteiger partial charge in [0.05, 0.1) is 16.9 Å². The van der Waals surface area contributed by atoms with Crippen LogP contribution in [0.15, 0.2) is 79.2 Å². The minimum atomic E-state index is 0.816. The summed E-state index contributed by atoms with van der Waals surface area (Å²) in [5.41, 5.74) is 11.3. The van der Waals surface area contributed by atoms with E-state index in [1.54, 1.807) is 0 Å². The zero-order valence-electron chi connectivity index (χ0n) is 20.6. The molecule has 0 unspecified atom stereocenters. The zero-order valence-corrected chi connectivity index (χ0v) is 20.6. The molecule has 2 N–H and O–H groups in total. The quantitative estimate of drug-likeness (QED) is 0.305. The summed E-state index contributed by atoms with van der Waals surface area (Å²) in [6.45, 7) is 9.30. The smallest absolute Gasteiger partial charge is 0.135 e. The van der Waals surface area contributed by atoms with Crippen molar-refractivity contribution >= 4 is 16.6 Å². The first-order valence-corrected chi connectivity index (χ1v) is 12.6. The van der Waals surface area contributed by atoms with Crippen LogP contribution in [-0.2, 0) is 6.54 Å². The summed E-state index contributed by atoms with van der Waals surface area (Å²) in [7, 11) is 0. The average Bonchev–Trinajstić information content (AvgIpc) is 3.70. The number of aryl methyl sites for hydroxylation is 1. The SMILES string of the molecule is C=C/C=C(/C1=CCC=C1)c1cc(-c2n[nH]c3ccc(-c4cncc(CN5CCCC5)c4)nc23)[nH]c1C. The van der Waals surface area contributed by atoms with Crippen molar-refractivity contribution in [2.45, 2.75) is 32.7 Å². The summed E-state index contributed by atoms with van der Waals surface area (Å²) in [5.74, 6) is 0. The molecule has 180 valence electrons. The fourth-order valence-corrected chi connectivity index (χ4v) is 5.24. The Morgan fingerprint density at radius 3 is 2.86 bits per heavy atom. The summed E-state index contributed by atoms with van der Waals surface area (Å²) in [6.07, 6.45) is 17.9. The molecule has 36 heavy (non-hydrogen) atoms. The van der Waals surface area contributed by atoms with E-state index in [9.17, 15) is 0 Å². The summed E-state index contributed by atoms with van der Waals surface area (Å²) in [4.78, 5) is 15.6. The van der Waals surface area contributed by atoms with Gasteiger partial charge in [0, 0.05) is 35.8 Å². The highest BCUT2D eigenvalue weighted by molar-refractivity contribution is 5.92. The van der Waals surface area contributed by atoms with Gasteiger partial charge in [0.1, 0.15) is 11.2 Å². The molecule has 2 aliphatic rings. The normalized spacial score (nSPS) is 16.2. The molecule has 0 amide bonds. The van der Waals surface area contributed by atoms with Crippen molar-refractivity contribution in [3.63, 3.8) is 0 Å². The number of rotatable bonds is 7. The Kier molecular flexibility index (Phi) is 5.95. The third-order valence-electron chi connectivity index (χ3n) is 7.03. The first-order valence-electron chi connectivity index (χ1n) is 12.6. The largest absolute Gasteiger partial charge is 0.357 e. The Morgan fingerprint density at radius 2 is 2.06 bits per heavy atom. The number of allylic oxidation sites excluding steroid dienone is 7. The van der Waals surface area contributed by atoms with Crippen LogP contribution in [0.5, 0.6) is 0 Å². The highest BCUT2D eigenvalue weighted by Crippen LogP contribution is 2.34. The lowest BCUT2D eigenvalue weighted by molar-refractivity contribution is 0.331. The summed E-state index contributed by atoms with van der Waals surface area (Å²) >= 11 is 0. The highest BCUT2D eigenvalue weighted by atomic mass is 15.1. The van der Waals surface area contributed by atoms with E-state index in [1.807, 2.05) is 24.5 Å². The van der Waals surface area contributed by atoms with Gasteiger partial charge in [0.15, 0.2) is 0 Å². The molecule has 0 aromatic carbocycles. The van der Waals surface area contributed by atoms with Gasteiger partial charge in [0.25, 0.3) is 0 Å². The minimum Gasteiger partial charge on any atom is -0.357 e. The Morgan fingerprint density at radius 1 is 1.17 bits per heavy atom. The Balaban J connectivity index is 1.36. The van der Waals surface area contributed by atoms with E-state index < -0.39 is 0 Å². The van der Waals surface area contributed by atoms with Crippen LogP contribution in [0.4, 0.5) is 0 Å². The second-order valence-corrected chi connectivity index (χ2v) is 9.57. The number of nitrogens with zero attached hydrogens (tertiary/aromatic N) is 4. The van der Waals surface area contributed by atoms with Crippen LogP contribution in [0.1, 0.15) is 36.1 Å². The van der Waals surface area contributed by atoms with Crippen molar-refractivity contribution in [2.24, 2.45) is 0 Å². The Bertz CT molecular complexity index is 1520. The minimum absolute atomic E-state index is 0.816. The van der Waals surface area contributed by atoms with Crippen LogP contribution in [0.3, 0.4) is 0 Å². The first-order chi connectivity index (χ1) is 17.7. The van der Waals surface area contributed by atoms with Crippen molar-refractivity contribution in [3.8, 4) is 22.6 Å². The topological polar surface area (TPSA) is 73.5 Å². The molecule has 4 aromatic rings. The second-order valence-electron chi connectivity index (χ2n) is 9.57. The first kappa shape index (κ1) is 22.4. The van der Waals surface area contributed by atoms with Crippen molar-refractivity contribution in [1.82, 2.24) is 30.0 Å². The molecule has 4 aromatic heterocycles. The molecule has 0 spiro atoms. The van der Waals surface area contributed by atoms with Crippen molar-refractivity contribution in [3.05, 3.63) is 96.0 Å². The standard InChI is InChI=1S/C30H30N6/c1-3-8-24(22-9-4-5-10-22)25-16-28(32-20(25)2)30-29-27(34-35-30)12-11-26(33-29)23-15-21(17-31-18-23)19-36-13-6-7-14-36/h3-4,8-12,15-18,32H,1,5-7,13-14,19H2,2H3,(H,34,35)/b24-8-. The maximum Gasteiger partial charge on any atom is 0.135 e. The van der Waals surface area contributed by atoms with Crippen LogP contribution in [0.2, 0.25) is 0 Å². The van der Waals surface area contributed by atoms with Crippen molar-refractivity contribution in [1.29, 1.82) is 0 Å². The van der Waals surface area contributed by atoms with Crippen LogP contribution < -0.4 is 0 Å². The number of aromatic amines is 2. The van der Waals surface area contributed by atoms with Gasteiger partial charge in [-0.25, -0.2) is 4.98 Å². The molecule has 1 saturated heterocycles. The lowest BCUT2D eigenvalue weighted by atomic mass is 9.98. The monoisotopic (exact) mass is 474 g/mol. The summed E-state index contributed by atoms with van der Waals surface area (Å²) < 4.78 is 0. The van der Waals surface area contributed by atoms with E-state index in [0.717, 1.165) is 63.5 Å². The molecule has 0 bridgehead atoms. The molecule has 1 aliphatic heterocycles. The van der Waals surface area contributed by atoms with Crippen LogP contribution in [0.25, 0.3) is 39.3 Å². The predicted octanol–water partition coefficient (Wildman–Crippen LogP) is 6.37. The van der Waals surface area contributed by atoms with Crippen molar-refractivity contribution < 1.29 is 0 Å². The van der Waals surface area contributed by atoms with Gasteiger partial charge >= 0.3 is 0 Å². The molecule has 0 radical (unpaired) electrons.